The summed E-state index contributed by atoms with van der Waals surface area (Å²) >= 11 is 0. The van der Waals surface area contributed by atoms with Gasteiger partial charge in [-0.2, -0.15) is 0 Å². The Hall–Kier alpha value is -3.04. The number of methoxy groups -OCH3 is 1. The van der Waals surface area contributed by atoms with E-state index in [1.165, 1.54) is 6.26 Å². The Morgan fingerprint density at radius 3 is 1.67 bits per heavy atom. The van der Waals surface area contributed by atoms with Crippen molar-refractivity contribution in [2.45, 2.75) is 69.2 Å². The van der Waals surface area contributed by atoms with Gasteiger partial charge in [0.2, 0.25) is 0 Å². The van der Waals surface area contributed by atoms with Crippen molar-refractivity contribution in [3.05, 3.63) is 120 Å². The first-order valence-electron chi connectivity index (χ1n) is 13.4. The van der Waals surface area contributed by atoms with Crippen molar-refractivity contribution >= 4 is 0 Å². The van der Waals surface area contributed by atoms with Crippen LogP contribution in [-0.4, -0.2) is 55.1 Å². The van der Waals surface area contributed by atoms with Gasteiger partial charge in [-0.3, -0.25) is 0 Å². The number of rotatable bonds is 11. The fraction of sp³-hybridized carbons (Fsp3) is 0.375. The zero-order valence-electron chi connectivity index (χ0n) is 22.1. The van der Waals surface area contributed by atoms with E-state index in [9.17, 15) is 5.11 Å². The van der Waals surface area contributed by atoms with Gasteiger partial charge < -0.3 is 33.5 Å². The Bertz CT molecular complexity index is 1140. The van der Waals surface area contributed by atoms with E-state index in [1.807, 2.05) is 91.0 Å². The van der Waals surface area contributed by atoms with E-state index in [-0.39, 0.29) is 0 Å². The van der Waals surface area contributed by atoms with E-state index in [1.54, 1.807) is 13.2 Å². The number of benzene rings is 3. The van der Waals surface area contributed by atoms with Gasteiger partial charge in [0.25, 0.3) is 0 Å². The molecule has 7 nitrogen and oxygen atoms in total. The third-order valence-corrected chi connectivity index (χ3v) is 7.01. The predicted octanol–water partition coefficient (Wildman–Crippen LogP) is 4.78. The maximum atomic E-state index is 10.4. The van der Waals surface area contributed by atoms with Gasteiger partial charge in [0, 0.05) is 13.5 Å². The van der Waals surface area contributed by atoms with Crippen LogP contribution in [0.2, 0.25) is 0 Å². The number of aliphatic hydroxyl groups is 1. The van der Waals surface area contributed by atoms with E-state index >= 15 is 0 Å². The molecule has 0 aromatic heterocycles. The molecule has 0 aliphatic carbocycles. The minimum atomic E-state index is -0.734. The number of hydrogen-bond acceptors (Lipinski definition) is 7. The minimum absolute atomic E-state index is 0.352. The lowest BCUT2D eigenvalue weighted by atomic mass is 9.91. The second-order valence-corrected chi connectivity index (χ2v) is 9.79. The standard InChI is InChI=1S/C32H36O7/c1-34-32-31(38-22-25-15-9-4-10-16-25)30(37-21-24-13-7-3-8-14-24)29(36-20-23-11-5-2-6-12-23)28(39-32)27-19-26(33)17-18-35-27/h2-18,26-33H,19-22H2,1H3/t26?,27?,28-,29-,30+,31+,32+/m1/s1. The molecule has 2 aliphatic rings. The van der Waals surface area contributed by atoms with Gasteiger partial charge in [0.15, 0.2) is 6.29 Å². The average molecular weight is 533 g/mol. The van der Waals surface area contributed by atoms with Crippen molar-refractivity contribution in [3.8, 4) is 0 Å². The molecule has 2 heterocycles. The normalized spacial score (nSPS) is 28.6. The zero-order chi connectivity index (χ0) is 26.9. The van der Waals surface area contributed by atoms with Crippen LogP contribution < -0.4 is 0 Å². The van der Waals surface area contributed by atoms with E-state index < -0.39 is 42.9 Å². The Labute approximate surface area is 229 Å². The fourth-order valence-electron chi connectivity index (χ4n) is 5.00. The average Bonchev–Trinajstić information content (AvgIpc) is 2.99. The zero-order valence-corrected chi connectivity index (χ0v) is 22.1. The van der Waals surface area contributed by atoms with Crippen LogP contribution >= 0.6 is 0 Å². The maximum absolute atomic E-state index is 10.4. The highest BCUT2D eigenvalue weighted by molar-refractivity contribution is 5.16. The summed E-state index contributed by atoms with van der Waals surface area (Å²) in [6.45, 7) is 1.07. The Morgan fingerprint density at radius 1 is 0.692 bits per heavy atom. The van der Waals surface area contributed by atoms with Crippen LogP contribution in [0.1, 0.15) is 23.1 Å². The lowest BCUT2D eigenvalue weighted by molar-refractivity contribution is -0.330. The molecule has 0 saturated carbocycles. The van der Waals surface area contributed by atoms with Crippen molar-refractivity contribution in [1.29, 1.82) is 0 Å². The van der Waals surface area contributed by atoms with E-state index in [0.717, 1.165) is 16.7 Å². The molecule has 7 heteroatoms. The van der Waals surface area contributed by atoms with Crippen molar-refractivity contribution in [2.24, 2.45) is 0 Å². The second kappa shape index (κ2) is 13.8. The topological polar surface area (TPSA) is 75.6 Å². The largest absolute Gasteiger partial charge is 0.495 e. The Kier molecular flexibility index (Phi) is 9.77. The highest BCUT2D eigenvalue weighted by Gasteiger charge is 2.52. The van der Waals surface area contributed by atoms with Gasteiger partial charge in [-0.25, -0.2) is 0 Å². The summed E-state index contributed by atoms with van der Waals surface area (Å²) < 4.78 is 37.9. The van der Waals surface area contributed by atoms with Crippen molar-refractivity contribution in [2.75, 3.05) is 7.11 Å². The minimum Gasteiger partial charge on any atom is -0.495 e. The molecule has 5 rings (SSSR count). The smallest absolute Gasteiger partial charge is 0.186 e. The molecule has 39 heavy (non-hydrogen) atoms. The third-order valence-electron chi connectivity index (χ3n) is 7.01. The fourth-order valence-corrected chi connectivity index (χ4v) is 5.00. The Morgan fingerprint density at radius 2 is 1.18 bits per heavy atom. The number of aliphatic hydroxyl groups excluding tert-OH is 1. The summed E-state index contributed by atoms with van der Waals surface area (Å²) in [5.41, 5.74) is 3.09. The quantitative estimate of drug-likeness (QED) is 0.381. The molecular formula is C32H36O7. The highest BCUT2D eigenvalue weighted by Crippen LogP contribution is 2.34. The summed E-state index contributed by atoms with van der Waals surface area (Å²) in [5.74, 6) is 0. The molecule has 3 aromatic carbocycles. The van der Waals surface area contributed by atoms with Gasteiger partial charge in [0.1, 0.15) is 30.5 Å². The van der Waals surface area contributed by atoms with E-state index in [0.29, 0.717) is 26.2 Å². The molecule has 0 spiro atoms. The molecular weight excluding hydrogens is 496 g/mol. The molecule has 206 valence electrons. The summed E-state index contributed by atoms with van der Waals surface area (Å²) in [5, 5.41) is 10.4. The van der Waals surface area contributed by atoms with Crippen LogP contribution in [0.3, 0.4) is 0 Å². The molecule has 3 aromatic rings. The first kappa shape index (κ1) is 27.5. The van der Waals surface area contributed by atoms with Crippen LogP contribution in [0.5, 0.6) is 0 Å². The van der Waals surface area contributed by atoms with Crippen LogP contribution in [0, 0.1) is 0 Å². The third kappa shape index (κ3) is 7.33. The summed E-state index contributed by atoms with van der Waals surface area (Å²) in [6, 6.07) is 29.9. The summed E-state index contributed by atoms with van der Waals surface area (Å²) in [6.07, 6.45) is -0.585. The molecule has 0 radical (unpaired) electrons. The maximum Gasteiger partial charge on any atom is 0.186 e. The van der Waals surface area contributed by atoms with Crippen LogP contribution in [0.4, 0.5) is 0 Å². The van der Waals surface area contributed by atoms with Crippen molar-refractivity contribution in [3.63, 3.8) is 0 Å². The monoisotopic (exact) mass is 532 g/mol. The Balaban J connectivity index is 1.44. The molecule has 2 aliphatic heterocycles. The lowest BCUT2D eigenvalue weighted by Gasteiger charge is -2.47. The SMILES string of the molecule is CO[C@H]1O[C@H](C2CC(O)C=CO2)[C@@H](OCc2ccccc2)[C@H](OCc2ccccc2)[C@@H]1OCc1ccccc1. The summed E-state index contributed by atoms with van der Waals surface area (Å²) in [7, 11) is 1.59. The van der Waals surface area contributed by atoms with Gasteiger partial charge >= 0.3 is 0 Å². The summed E-state index contributed by atoms with van der Waals surface area (Å²) in [4.78, 5) is 0. The first-order valence-corrected chi connectivity index (χ1v) is 13.4. The molecule has 2 unspecified atom stereocenters. The van der Waals surface area contributed by atoms with Gasteiger partial charge in [-0.15, -0.1) is 0 Å². The first-order chi connectivity index (χ1) is 19.2. The molecule has 1 saturated heterocycles. The molecule has 1 N–H and O–H groups in total. The van der Waals surface area contributed by atoms with E-state index in [2.05, 4.69) is 0 Å². The number of ether oxygens (including phenoxy) is 6. The van der Waals surface area contributed by atoms with Crippen LogP contribution in [-0.2, 0) is 48.2 Å². The van der Waals surface area contributed by atoms with Crippen LogP contribution in [0.25, 0.3) is 0 Å². The molecule has 7 atom stereocenters. The van der Waals surface area contributed by atoms with Gasteiger partial charge in [0.05, 0.1) is 32.2 Å². The van der Waals surface area contributed by atoms with Gasteiger partial charge in [-0.1, -0.05) is 91.0 Å². The molecule has 1 fully saturated rings. The molecule has 0 amide bonds. The van der Waals surface area contributed by atoms with E-state index in [4.69, 9.17) is 28.4 Å². The van der Waals surface area contributed by atoms with Crippen molar-refractivity contribution < 1.29 is 33.5 Å². The second-order valence-electron chi connectivity index (χ2n) is 9.79. The molecule has 0 bridgehead atoms. The highest BCUT2D eigenvalue weighted by atomic mass is 16.7. The van der Waals surface area contributed by atoms with Crippen molar-refractivity contribution in [1.82, 2.24) is 0 Å². The van der Waals surface area contributed by atoms with Crippen LogP contribution in [0.15, 0.2) is 103 Å². The predicted molar refractivity (Wildman–Crippen MR) is 145 cm³/mol. The number of hydrogen-bond donors (Lipinski definition) is 1. The lowest BCUT2D eigenvalue weighted by Crippen LogP contribution is -2.63. The van der Waals surface area contributed by atoms with Gasteiger partial charge in [-0.05, 0) is 22.8 Å².